The van der Waals surface area contributed by atoms with Crippen LogP contribution in [0.5, 0.6) is 0 Å². The molecule has 0 saturated carbocycles. The summed E-state index contributed by atoms with van der Waals surface area (Å²) < 4.78 is 26.7. The van der Waals surface area contributed by atoms with E-state index in [0.29, 0.717) is 27.8 Å². The van der Waals surface area contributed by atoms with Crippen LogP contribution in [0.2, 0.25) is 10.0 Å². The predicted molar refractivity (Wildman–Crippen MR) is 162 cm³/mol. The number of nitrogens with zero attached hydrogens (tertiary/aromatic N) is 2. The molecule has 0 aliphatic carbocycles. The molecule has 0 radical (unpaired) electrons. The number of sulfonamides is 1. The van der Waals surface area contributed by atoms with Gasteiger partial charge < -0.3 is 10.2 Å². The molecule has 0 aromatic heterocycles. The molecule has 3 rings (SSSR count). The third kappa shape index (κ3) is 8.98. The Morgan fingerprint density at radius 3 is 2.17 bits per heavy atom. The first-order valence-corrected chi connectivity index (χ1v) is 15.5. The number of carbonyl (C=O) groups excluding carboxylic acids is 2. The van der Waals surface area contributed by atoms with Crippen LogP contribution in [0.1, 0.15) is 30.5 Å². The molecule has 0 aliphatic rings. The lowest BCUT2D eigenvalue weighted by Crippen LogP contribution is -2.53. The van der Waals surface area contributed by atoms with Crippen LogP contribution in [0.25, 0.3) is 0 Å². The summed E-state index contributed by atoms with van der Waals surface area (Å²) in [4.78, 5) is 29.1. The van der Waals surface area contributed by atoms with E-state index in [2.05, 4.69) is 5.32 Å². The molecule has 0 bridgehead atoms. The van der Waals surface area contributed by atoms with Gasteiger partial charge in [-0.1, -0.05) is 91.1 Å². The zero-order chi connectivity index (χ0) is 29.4. The second-order valence-corrected chi connectivity index (χ2v) is 13.0. The van der Waals surface area contributed by atoms with Crippen molar-refractivity contribution in [2.24, 2.45) is 5.92 Å². The number of rotatable bonds is 12. The van der Waals surface area contributed by atoms with Gasteiger partial charge in [-0.15, -0.1) is 0 Å². The molecule has 1 N–H and O–H groups in total. The minimum atomic E-state index is -3.83. The van der Waals surface area contributed by atoms with E-state index in [4.69, 9.17) is 23.2 Å². The highest BCUT2D eigenvalue weighted by molar-refractivity contribution is 7.92. The summed E-state index contributed by atoms with van der Waals surface area (Å²) in [5.41, 5.74) is 2.74. The van der Waals surface area contributed by atoms with E-state index in [1.807, 2.05) is 51.1 Å². The topological polar surface area (TPSA) is 86.8 Å². The van der Waals surface area contributed by atoms with Gasteiger partial charge in [-0.3, -0.25) is 13.9 Å². The first kappa shape index (κ1) is 31.5. The van der Waals surface area contributed by atoms with Crippen molar-refractivity contribution in [2.45, 2.75) is 39.8 Å². The van der Waals surface area contributed by atoms with Gasteiger partial charge in [-0.25, -0.2) is 8.42 Å². The van der Waals surface area contributed by atoms with Gasteiger partial charge in [0.25, 0.3) is 0 Å². The molecule has 3 aromatic carbocycles. The SMILES string of the molecule is Cc1ccc(N(CC(=O)N(Cc2ccc(Cl)cc2Cl)C(Cc2ccccc2)C(=O)NCC(C)C)S(C)(=O)=O)cc1. The molecule has 1 unspecified atom stereocenters. The largest absolute Gasteiger partial charge is 0.354 e. The molecule has 1 atom stereocenters. The average molecular weight is 605 g/mol. The van der Waals surface area contributed by atoms with Crippen molar-refractivity contribution in [3.63, 3.8) is 0 Å². The molecule has 0 spiro atoms. The highest BCUT2D eigenvalue weighted by Gasteiger charge is 2.33. The highest BCUT2D eigenvalue weighted by Crippen LogP contribution is 2.25. The summed E-state index contributed by atoms with van der Waals surface area (Å²) in [7, 11) is -3.83. The monoisotopic (exact) mass is 603 g/mol. The molecule has 0 aliphatic heterocycles. The third-order valence-corrected chi connectivity index (χ3v) is 8.04. The quantitative estimate of drug-likeness (QED) is 0.297. The Morgan fingerprint density at radius 1 is 0.950 bits per heavy atom. The van der Waals surface area contributed by atoms with E-state index < -0.39 is 28.5 Å². The van der Waals surface area contributed by atoms with Crippen LogP contribution >= 0.6 is 23.2 Å². The Kier molecular flexibility index (Phi) is 11.0. The Labute approximate surface area is 247 Å². The molecular weight excluding hydrogens is 569 g/mol. The van der Waals surface area contributed by atoms with E-state index in [1.165, 1.54) is 4.90 Å². The summed E-state index contributed by atoms with van der Waals surface area (Å²) in [5.74, 6) is -0.687. The summed E-state index contributed by atoms with van der Waals surface area (Å²) in [5, 5.41) is 3.72. The van der Waals surface area contributed by atoms with Crippen molar-refractivity contribution in [1.82, 2.24) is 10.2 Å². The zero-order valence-corrected chi connectivity index (χ0v) is 25.4. The molecule has 2 amide bonds. The molecule has 7 nitrogen and oxygen atoms in total. The van der Waals surface area contributed by atoms with Crippen LogP contribution < -0.4 is 9.62 Å². The maximum atomic E-state index is 14.1. The van der Waals surface area contributed by atoms with Crippen LogP contribution in [-0.2, 0) is 32.6 Å². The van der Waals surface area contributed by atoms with Crippen LogP contribution in [-0.4, -0.2) is 50.5 Å². The maximum absolute atomic E-state index is 14.1. The molecular formula is C30H35Cl2N3O4S. The fourth-order valence-corrected chi connectivity index (χ4v) is 5.45. The Bertz CT molecular complexity index is 1410. The predicted octanol–water partition coefficient (Wildman–Crippen LogP) is 5.48. The molecule has 40 heavy (non-hydrogen) atoms. The van der Waals surface area contributed by atoms with E-state index in [9.17, 15) is 18.0 Å². The lowest BCUT2D eigenvalue weighted by atomic mass is 10.0. The van der Waals surface area contributed by atoms with E-state index >= 15 is 0 Å². The van der Waals surface area contributed by atoms with E-state index in [0.717, 1.165) is 21.7 Å². The second kappa shape index (κ2) is 14.0. The summed E-state index contributed by atoms with van der Waals surface area (Å²) >= 11 is 12.6. The van der Waals surface area contributed by atoms with E-state index in [-0.39, 0.29) is 24.8 Å². The van der Waals surface area contributed by atoms with Gasteiger partial charge in [-0.2, -0.15) is 0 Å². The van der Waals surface area contributed by atoms with E-state index in [1.54, 1.807) is 42.5 Å². The first-order valence-electron chi connectivity index (χ1n) is 12.9. The maximum Gasteiger partial charge on any atom is 0.244 e. The summed E-state index contributed by atoms with van der Waals surface area (Å²) in [6.07, 6.45) is 1.28. The van der Waals surface area contributed by atoms with Crippen molar-refractivity contribution in [2.75, 3.05) is 23.7 Å². The molecule has 10 heteroatoms. The molecule has 0 heterocycles. The van der Waals surface area contributed by atoms with Gasteiger partial charge in [0.15, 0.2) is 0 Å². The minimum Gasteiger partial charge on any atom is -0.354 e. The standard InChI is InChI=1S/C30H35Cl2N3O4S/c1-21(2)18-33-30(37)28(16-23-8-6-5-7-9-23)34(19-24-12-13-25(31)17-27(24)32)29(36)20-35(40(4,38)39)26-14-10-22(3)11-15-26/h5-15,17,21,28H,16,18-20H2,1-4H3,(H,33,37). The van der Waals surface area contributed by atoms with Gasteiger partial charge >= 0.3 is 0 Å². The molecule has 0 saturated heterocycles. The molecule has 0 fully saturated rings. The second-order valence-electron chi connectivity index (χ2n) is 10.2. The third-order valence-electron chi connectivity index (χ3n) is 6.31. The number of hydrogen-bond donors (Lipinski definition) is 1. The lowest BCUT2D eigenvalue weighted by molar-refractivity contribution is -0.140. The fraction of sp³-hybridized carbons (Fsp3) is 0.333. The van der Waals surface area contributed by atoms with Crippen LogP contribution in [0.15, 0.2) is 72.8 Å². The van der Waals surface area contributed by atoms with Gasteiger partial charge in [0.1, 0.15) is 12.6 Å². The Morgan fingerprint density at radius 2 is 1.60 bits per heavy atom. The summed E-state index contributed by atoms with van der Waals surface area (Å²) in [6, 6.07) is 20.2. The number of benzene rings is 3. The number of nitrogens with one attached hydrogen (secondary N) is 1. The molecule has 3 aromatic rings. The van der Waals surface area contributed by atoms with Crippen LogP contribution in [0, 0.1) is 12.8 Å². The van der Waals surface area contributed by atoms with Crippen molar-refractivity contribution in [1.29, 1.82) is 0 Å². The Hall–Kier alpha value is -3.07. The van der Waals surface area contributed by atoms with Gasteiger partial charge in [0.2, 0.25) is 21.8 Å². The van der Waals surface area contributed by atoms with Gasteiger partial charge in [0.05, 0.1) is 11.9 Å². The number of hydrogen-bond acceptors (Lipinski definition) is 4. The van der Waals surface area contributed by atoms with Gasteiger partial charge in [0, 0.05) is 29.6 Å². The fourth-order valence-electron chi connectivity index (χ4n) is 4.13. The number of carbonyl (C=O) groups is 2. The summed E-state index contributed by atoms with van der Waals surface area (Å²) in [6.45, 7) is 5.76. The van der Waals surface area contributed by atoms with Crippen molar-refractivity contribution in [3.05, 3.63) is 99.5 Å². The average Bonchev–Trinajstić information content (AvgIpc) is 2.89. The van der Waals surface area contributed by atoms with Crippen molar-refractivity contribution >= 4 is 50.7 Å². The number of anilines is 1. The number of amides is 2. The van der Waals surface area contributed by atoms with Crippen LogP contribution in [0.3, 0.4) is 0 Å². The lowest BCUT2D eigenvalue weighted by Gasteiger charge is -2.34. The van der Waals surface area contributed by atoms with Crippen molar-refractivity contribution < 1.29 is 18.0 Å². The van der Waals surface area contributed by atoms with Crippen molar-refractivity contribution in [3.8, 4) is 0 Å². The first-order chi connectivity index (χ1) is 18.8. The van der Waals surface area contributed by atoms with Gasteiger partial charge in [-0.05, 0) is 48.2 Å². The highest BCUT2D eigenvalue weighted by atomic mass is 35.5. The Balaban J connectivity index is 2.06. The number of halogens is 2. The normalized spacial score (nSPS) is 12.2. The molecule has 214 valence electrons. The van der Waals surface area contributed by atoms with Crippen LogP contribution in [0.4, 0.5) is 5.69 Å². The smallest absolute Gasteiger partial charge is 0.244 e. The number of aryl methyl sites for hydroxylation is 1. The zero-order valence-electron chi connectivity index (χ0n) is 23.1. The minimum absolute atomic E-state index is 0.0209.